The normalized spacial score (nSPS) is 9.27. The molecule has 0 aromatic heterocycles. The number of halogens is 1. The summed E-state index contributed by atoms with van der Waals surface area (Å²) in [6.45, 7) is 14.1. The van der Waals surface area contributed by atoms with Crippen LogP contribution in [-0.4, -0.2) is 14.0 Å². The maximum atomic E-state index is 5.26. The van der Waals surface area contributed by atoms with Crippen molar-refractivity contribution in [1.29, 1.82) is 0 Å². The van der Waals surface area contributed by atoms with Crippen molar-refractivity contribution in [1.82, 2.24) is 0 Å². The monoisotopic (exact) mass is 242 g/mol. The van der Waals surface area contributed by atoms with Crippen LogP contribution in [0.15, 0.2) is 0 Å². The molecular formula is C8H19ClSiZn. The molecule has 0 heterocycles. The van der Waals surface area contributed by atoms with Gasteiger partial charge in [0.15, 0.2) is 0 Å². The molecule has 0 spiro atoms. The third kappa shape index (κ3) is 94.7. The summed E-state index contributed by atoms with van der Waals surface area (Å²) in [5, 5.41) is 0. The van der Waals surface area contributed by atoms with Gasteiger partial charge in [0.05, 0.1) is 0 Å². The van der Waals surface area contributed by atoms with Crippen LogP contribution in [-0.2, 0) is 19.5 Å². The van der Waals surface area contributed by atoms with Crippen LogP contribution in [0.4, 0.5) is 0 Å². The summed E-state index contributed by atoms with van der Waals surface area (Å²) in [4.78, 5) is 0. The summed E-state index contributed by atoms with van der Waals surface area (Å²) in [7, 11) is -0.861. The first-order valence-electron chi connectivity index (χ1n) is 3.62. The maximum Gasteiger partial charge on any atom is 2.00 e. The van der Waals surface area contributed by atoms with E-state index in [0.717, 1.165) is 18.7 Å². The molecule has 0 fully saturated rings. The zero-order chi connectivity index (χ0) is 8.62. The van der Waals surface area contributed by atoms with E-state index in [9.17, 15) is 0 Å². The Morgan fingerprint density at radius 1 is 1.27 bits per heavy atom. The second-order valence-corrected chi connectivity index (χ2v) is 8.96. The van der Waals surface area contributed by atoms with Gasteiger partial charge in [-0.05, 0) is 0 Å². The van der Waals surface area contributed by atoms with Gasteiger partial charge in [0, 0.05) is 5.88 Å². The zero-order valence-electron chi connectivity index (χ0n) is 8.12. The Morgan fingerprint density at radius 3 is 1.55 bits per heavy atom. The van der Waals surface area contributed by atoms with Crippen molar-refractivity contribution in [2.45, 2.75) is 32.5 Å². The van der Waals surface area contributed by atoms with E-state index in [0.29, 0.717) is 0 Å². The topological polar surface area (TPSA) is 0 Å². The minimum Gasteiger partial charge on any atom is -0.343 e. The quantitative estimate of drug-likeness (QED) is 0.396. The molecule has 0 nitrogen and oxygen atoms in total. The Morgan fingerprint density at radius 2 is 1.55 bits per heavy atom. The Hall–Kier alpha value is 1.13. The first kappa shape index (κ1) is 18.0. The Labute approximate surface area is 90.9 Å². The molecule has 0 radical (unpaired) electrons. The van der Waals surface area contributed by atoms with Crippen LogP contribution >= 0.6 is 11.6 Å². The molecule has 64 valence electrons. The van der Waals surface area contributed by atoms with E-state index in [1.807, 2.05) is 0 Å². The minimum absolute atomic E-state index is 0. The van der Waals surface area contributed by atoms with Gasteiger partial charge in [-0.2, -0.15) is 6.42 Å². The molecule has 0 aliphatic heterocycles. The van der Waals surface area contributed by atoms with Crippen molar-refractivity contribution in [3.63, 3.8) is 0 Å². The van der Waals surface area contributed by atoms with Crippen LogP contribution in [0.1, 0.15) is 12.8 Å². The van der Waals surface area contributed by atoms with E-state index in [1.54, 1.807) is 0 Å². The van der Waals surface area contributed by atoms with Gasteiger partial charge in [-0.3, -0.25) is 0 Å². The molecule has 0 aromatic rings. The SMILES string of the molecule is [CH2-]CCCCl.[CH2-][Si](C)(C)C.[Zn+2]. The van der Waals surface area contributed by atoms with Gasteiger partial charge in [-0.15, -0.1) is 19.7 Å². The van der Waals surface area contributed by atoms with Crippen molar-refractivity contribution in [2.24, 2.45) is 0 Å². The molecule has 11 heavy (non-hydrogen) atoms. The summed E-state index contributed by atoms with van der Waals surface area (Å²) in [6.07, 6.45) is 2.01. The standard InChI is InChI=1S/C4H8Cl.C4H11Si.Zn/c1-2-3-4-5;1-5(2,3)4;/h1-4H2;1H2,2-4H3;/q2*-1;+2. The summed E-state index contributed by atoms with van der Waals surface area (Å²) >= 11 is 5.26. The third-order valence-electron chi connectivity index (χ3n) is 0.384. The van der Waals surface area contributed by atoms with E-state index in [2.05, 4.69) is 33.1 Å². The Bertz CT molecular complexity index is 53.6. The summed E-state index contributed by atoms with van der Waals surface area (Å²) in [6, 6.07) is 0. The molecule has 0 rings (SSSR count). The van der Waals surface area contributed by atoms with Crippen molar-refractivity contribution in [2.75, 3.05) is 5.88 Å². The average molecular weight is 244 g/mol. The van der Waals surface area contributed by atoms with Gasteiger partial charge in [0.1, 0.15) is 0 Å². The molecule has 0 aromatic carbocycles. The third-order valence-corrected chi connectivity index (χ3v) is 0.651. The Balaban J connectivity index is -0.000000107. The van der Waals surface area contributed by atoms with E-state index in [1.165, 1.54) is 0 Å². The fraction of sp³-hybridized carbons (Fsp3) is 0.750. The second kappa shape index (κ2) is 11.1. The van der Waals surface area contributed by atoms with E-state index < -0.39 is 8.07 Å². The smallest absolute Gasteiger partial charge is 0.343 e. The number of hydrogen-bond acceptors (Lipinski definition) is 0. The van der Waals surface area contributed by atoms with E-state index in [4.69, 9.17) is 11.6 Å². The predicted octanol–water partition coefficient (Wildman–Crippen LogP) is 3.53. The first-order valence-corrected chi connectivity index (χ1v) is 7.86. The van der Waals surface area contributed by atoms with Crippen molar-refractivity contribution in [3.8, 4) is 0 Å². The van der Waals surface area contributed by atoms with Crippen molar-refractivity contribution < 1.29 is 19.5 Å². The average Bonchev–Trinajstić information content (AvgIpc) is 1.63. The number of unbranched alkanes of at least 4 members (excludes halogenated alkanes) is 1. The van der Waals surface area contributed by atoms with Crippen molar-refractivity contribution >= 4 is 19.7 Å². The van der Waals surface area contributed by atoms with E-state index in [-0.39, 0.29) is 19.5 Å². The van der Waals surface area contributed by atoms with Crippen LogP contribution in [0.3, 0.4) is 0 Å². The number of alkyl halides is 1. The molecule has 0 atom stereocenters. The van der Waals surface area contributed by atoms with Gasteiger partial charge >= 0.3 is 19.5 Å². The molecule has 3 heteroatoms. The summed E-state index contributed by atoms with van der Waals surface area (Å²) in [5.41, 5.74) is 0. The minimum atomic E-state index is -0.861. The van der Waals surface area contributed by atoms with Crippen LogP contribution in [0.5, 0.6) is 0 Å². The molecule has 0 aliphatic carbocycles. The molecule has 0 saturated heterocycles. The van der Waals surface area contributed by atoms with E-state index >= 15 is 0 Å². The van der Waals surface area contributed by atoms with Crippen LogP contribution in [0.25, 0.3) is 0 Å². The van der Waals surface area contributed by atoms with Crippen LogP contribution < -0.4 is 0 Å². The fourth-order valence-electron chi connectivity index (χ4n) is 0.0945. The van der Waals surface area contributed by atoms with Crippen LogP contribution in [0, 0.1) is 13.5 Å². The summed E-state index contributed by atoms with van der Waals surface area (Å²) < 4.78 is 0. The van der Waals surface area contributed by atoms with Gasteiger partial charge in [0.25, 0.3) is 0 Å². The summed E-state index contributed by atoms with van der Waals surface area (Å²) in [5.74, 6) is 0.753. The zero-order valence-corrected chi connectivity index (χ0v) is 12.8. The number of rotatable bonds is 2. The van der Waals surface area contributed by atoms with Gasteiger partial charge < -0.3 is 13.5 Å². The maximum absolute atomic E-state index is 5.26. The molecule has 0 bridgehead atoms. The fourth-order valence-corrected chi connectivity index (χ4v) is 0.283. The molecule has 0 aliphatic rings. The van der Waals surface area contributed by atoms with Gasteiger partial charge in [-0.1, -0.05) is 26.1 Å². The largest absolute Gasteiger partial charge is 2.00 e. The first-order chi connectivity index (χ1) is 4.41. The molecule has 0 N–H and O–H groups in total. The predicted molar refractivity (Wildman–Crippen MR) is 54.0 cm³/mol. The van der Waals surface area contributed by atoms with Crippen molar-refractivity contribution in [3.05, 3.63) is 13.5 Å². The Kier molecular flexibility index (Phi) is 18.2. The number of hydrogen-bond donors (Lipinski definition) is 0. The van der Waals surface area contributed by atoms with Gasteiger partial charge in [-0.25, -0.2) is 0 Å². The second-order valence-electron chi connectivity index (χ2n) is 3.46. The molecular weight excluding hydrogens is 225 g/mol. The molecule has 0 saturated carbocycles. The molecule has 0 amide bonds. The molecule has 0 unspecified atom stereocenters. The van der Waals surface area contributed by atoms with Gasteiger partial charge in [0.2, 0.25) is 0 Å². The van der Waals surface area contributed by atoms with Crippen LogP contribution in [0.2, 0.25) is 19.6 Å².